The largest absolute Gasteiger partial charge is 0.481 e. The number of aromatic nitrogens is 1. The second-order valence-electron chi connectivity index (χ2n) is 6.84. The summed E-state index contributed by atoms with van der Waals surface area (Å²) in [5, 5.41) is 13.6. The van der Waals surface area contributed by atoms with E-state index in [2.05, 4.69) is 24.1 Å². The highest BCUT2D eigenvalue weighted by molar-refractivity contribution is 7.15. The molecule has 1 saturated carbocycles. The zero-order valence-electron chi connectivity index (χ0n) is 12.1. The Balaban J connectivity index is 1.65. The van der Waals surface area contributed by atoms with Crippen molar-refractivity contribution in [1.29, 1.82) is 0 Å². The first-order chi connectivity index (χ1) is 9.44. The van der Waals surface area contributed by atoms with E-state index >= 15 is 0 Å². The molecule has 2 aliphatic rings. The van der Waals surface area contributed by atoms with Gasteiger partial charge in [-0.25, -0.2) is 4.98 Å². The molecule has 0 saturated heterocycles. The van der Waals surface area contributed by atoms with E-state index in [0.29, 0.717) is 17.9 Å². The van der Waals surface area contributed by atoms with Crippen molar-refractivity contribution in [1.82, 2.24) is 4.98 Å². The lowest BCUT2D eigenvalue weighted by atomic mass is 9.76. The van der Waals surface area contributed by atoms with Crippen LogP contribution in [0.15, 0.2) is 0 Å². The van der Waals surface area contributed by atoms with Crippen molar-refractivity contribution in [3.8, 4) is 0 Å². The maximum atomic E-state index is 11.2. The molecule has 20 heavy (non-hydrogen) atoms. The summed E-state index contributed by atoms with van der Waals surface area (Å²) < 4.78 is 0. The number of thiazole rings is 1. The van der Waals surface area contributed by atoms with Gasteiger partial charge in [-0.3, -0.25) is 4.79 Å². The Morgan fingerprint density at radius 2 is 2.05 bits per heavy atom. The number of nitrogens with zero attached hydrogens (tertiary/aromatic N) is 1. The van der Waals surface area contributed by atoms with Crippen LogP contribution in [0.1, 0.15) is 62.4 Å². The predicted molar refractivity (Wildman–Crippen MR) is 80.5 cm³/mol. The molecule has 0 aromatic carbocycles. The highest BCUT2D eigenvalue weighted by atomic mass is 32.1. The van der Waals surface area contributed by atoms with Crippen LogP contribution in [0.4, 0.5) is 5.13 Å². The van der Waals surface area contributed by atoms with E-state index in [4.69, 9.17) is 0 Å². The van der Waals surface area contributed by atoms with Gasteiger partial charge in [-0.2, -0.15) is 0 Å². The van der Waals surface area contributed by atoms with Gasteiger partial charge in [-0.15, -0.1) is 11.3 Å². The monoisotopic (exact) mass is 294 g/mol. The summed E-state index contributed by atoms with van der Waals surface area (Å²) in [5.41, 5.74) is 1.28. The molecular formula is C15H22N2O2S. The van der Waals surface area contributed by atoms with E-state index in [1.54, 1.807) is 11.3 Å². The van der Waals surface area contributed by atoms with Crippen LogP contribution in [0, 0.1) is 5.41 Å². The molecule has 1 aromatic heterocycles. The van der Waals surface area contributed by atoms with Crippen molar-refractivity contribution in [2.75, 3.05) is 5.32 Å². The molecule has 2 aliphatic carbocycles. The van der Waals surface area contributed by atoms with Gasteiger partial charge in [0.25, 0.3) is 0 Å². The van der Waals surface area contributed by atoms with Crippen LogP contribution in [-0.2, 0) is 11.2 Å². The third-order valence-electron chi connectivity index (χ3n) is 4.68. The highest BCUT2D eigenvalue weighted by Gasteiger charge is 2.33. The summed E-state index contributed by atoms with van der Waals surface area (Å²) >= 11 is 1.65. The SMILES string of the molecule is CC1(C)CCC(Nc2nc3c(s2)CCC3C(=O)O)CC1. The fourth-order valence-electron chi connectivity index (χ4n) is 3.25. The van der Waals surface area contributed by atoms with Crippen LogP contribution in [0.25, 0.3) is 0 Å². The zero-order valence-corrected chi connectivity index (χ0v) is 12.9. The van der Waals surface area contributed by atoms with Gasteiger partial charge in [0.2, 0.25) is 0 Å². The number of aryl methyl sites for hydroxylation is 1. The maximum absolute atomic E-state index is 11.2. The van der Waals surface area contributed by atoms with Gasteiger partial charge >= 0.3 is 5.97 Å². The summed E-state index contributed by atoms with van der Waals surface area (Å²) in [6.07, 6.45) is 6.42. The lowest BCUT2D eigenvalue weighted by Crippen LogP contribution is -2.29. The first kappa shape index (κ1) is 13.9. The summed E-state index contributed by atoms with van der Waals surface area (Å²) in [6.45, 7) is 4.66. The molecule has 2 N–H and O–H groups in total. The van der Waals surface area contributed by atoms with Crippen molar-refractivity contribution in [2.24, 2.45) is 5.41 Å². The number of anilines is 1. The van der Waals surface area contributed by atoms with Crippen molar-refractivity contribution >= 4 is 22.4 Å². The van der Waals surface area contributed by atoms with Crippen molar-refractivity contribution in [2.45, 2.75) is 64.3 Å². The summed E-state index contributed by atoms with van der Waals surface area (Å²) in [4.78, 5) is 16.9. The standard InChI is InChI=1S/C15H22N2O2S/c1-15(2)7-5-9(6-8-15)16-14-17-12-10(13(18)19)3-4-11(12)20-14/h9-10H,3-8H2,1-2H3,(H,16,17)(H,18,19). The van der Waals surface area contributed by atoms with E-state index < -0.39 is 5.97 Å². The number of fused-ring (bicyclic) bond motifs is 1. The van der Waals surface area contributed by atoms with Crippen LogP contribution in [0.5, 0.6) is 0 Å². The molecule has 5 heteroatoms. The Morgan fingerprint density at radius 3 is 2.70 bits per heavy atom. The van der Waals surface area contributed by atoms with Crippen LogP contribution < -0.4 is 5.32 Å². The van der Waals surface area contributed by atoms with E-state index in [9.17, 15) is 9.90 Å². The van der Waals surface area contributed by atoms with E-state index in [-0.39, 0.29) is 5.92 Å². The van der Waals surface area contributed by atoms with Gasteiger partial charge in [-0.05, 0) is 43.9 Å². The average Bonchev–Trinajstić information content (AvgIpc) is 2.90. The smallest absolute Gasteiger partial charge is 0.312 e. The predicted octanol–water partition coefficient (Wildman–Crippen LogP) is 3.64. The highest BCUT2D eigenvalue weighted by Crippen LogP contribution is 2.40. The van der Waals surface area contributed by atoms with Gasteiger partial charge < -0.3 is 10.4 Å². The molecule has 1 fully saturated rings. The normalized spacial score (nSPS) is 25.4. The lowest BCUT2D eigenvalue weighted by Gasteiger charge is -2.34. The minimum atomic E-state index is -0.736. The number of carboxylic acid groups (broad SMARTS) is 1. The van der Waals surface area contributed by atoms with Gasteiger partial charge in [0, 0.05) is 10.9 Å². The van der Waals surface area contributed by atoms with Crippen LogP contribution >= 0.6 is 11.3 Å². The van der Waals surface area contributed by atoms with Crippen molar-refractivity contribution in [3.63, 3.8) is 0 Å². The average molecular weight is 294 g/mol. The first-order valence-electron chi connectivity index (χ1n) is 7.43. The third-order valence-corrected chi connectivity index (χ3v) is 5.74. The third kappa shape index (κ3) is 2.68. The molecule has 0 bridgehead atoms. The molecule has 3 rings (SSSR count). The Hall–Kier alpha value is -1.10. The Labute approximate surface area is 123 Å². The minimum absolute atomic E-state index is 0.387. The van der Waals surface area contributed by atoms with Gasteiger partial charge in [0.05, 0.1) is 5.69 Å². The van der Waals surface area contributed by atoms with Crippen LogP contribution in [-0.4, -0.2) is 22.1 Å². The number of carbonyl (C=O) groups is 1. The van der Waals surface area contributed by atoms with Crippen LogP contribution in [0.2, 0.25) is 0 Å². The maximum Gasteiger partial charge on any atom is 0.312 e. The number of carboxylic acids is 1. The summed E-state index contributed by atoms with van der Waals surface area (Å²) in [6, 6.07) is 0.498. The van der Waals surface area contributed by atoms with Crippen LogP contribution in [0.3, 0.4) is 0 Å². The van der Waals surface area contributed by atoms with Gasteiger partial charge in [0.15, 0.2) is 5.13 Å². The Morgan fingerprint density at radius 1 is 1.35 bits per heavy atom. The molecule has 0 amide bonds. The van der Waals surface area contributed by atoms with Crippen molar-refractivity contribution in [3.05, 3.63) is 10.6 Å². The topological polar surface area (TPSA) is 62.2 Å². The molecule has 1 heterocycles. The van der Waals surface area contributed by atoms with E-state index in [1.165, 1.54) is 25.7 Å². The molecular weight excluding hydrogens is 272 g/mol. The molecule has 0 aliphatic heterocycles. The quantitative estimate of drug-likeness (QED) is 0.893. The lowest BCUT2D eigenvalue weighted by molar-refractivity contribution is -0.138. The number of rotatable bonds is 3. The number of aliphatic carboxylic acids is 1. The Kier molecular flexibility index (Phi) is 3.48. The fraction of sp³-hybridized carbons (Fsp3) is 0.733. The number of hydrogen-bond donors (Lipinski definition) is 2. The molecule has 1 aromatic rings. The second-order valence-corrected chi connectivity index (χ2v) is 7.92. The van der Waals surface area contributed by atoms with Gasteiger partial charge in [-0.1, -0.05) is 13.8 Å². The van der Waals surface area contributed by atoms with E-state index in [0.717, 1.165) is 22.1 Å². The second kappa shape index (κ2) is 5.02. The van der Waals surface area contributed by atoms with Gasteiger partial charge in [0.1, 0.15) is 5.92 Å². The molecule has 1 unspecified atom stereocenters. The summed E-state index contributed by atoms with van der Waals surface area (Å²) in [7, 11) is 0. The molecule has 4 nitrogen and oxygen atoms in total. The molecule has 1 atom stereocenters. The minimum Gasteiger partial charge on any atom is -0.481 e. The van der Waals surface area contributed by atoms with Crippen molar-refractivity contribution < 1.29 is 9.90 Å². The number of hydrogen-bond acceptors (Lipinski definition) is 4. The summed E-state index contributed by atoms with van der Waals surface area (Å²) in [5.74, 6) is -1.12. The fourth-order valence-corrected chi connectivity index (χ4v) is 4.36. The number of nitrogens with one attached hydrogen (secondary N) is 1. The zero-order chi connectivity index (χ0) is 14.3. The molecule has 110 valence electrons. The Bertz CT molecular complexity index is 514. The molecule has 0 spiro atoms. The van der Waals surface area contributed by atoms with E-state index in [1.807, 2.05) is 0 Å². The first-order valence-corrected chi connectivity index (χ1v) is 8.25. The molecule has 0 radical (unpaired) electrons.